The quantitative estimate of drug-likeness (QED) is 0.583. The third kappa shape index (κ3) is 5.16. The van der Waals surface area contributed by atoms with Crippen molar-refractivity contribution in [3.8, 4) is 11.3 Å². The first kappa shape index (κ1) is 20.9. The highest BCUT2D eigenvalue weighted by molar-refractivity contribution is 9.10. The first-order valence-corrected chi connectivity index (χ1v) is 10.9. The predicted octanol–water partition coefficient (Wildman–Crippen LogP) is 6.47. The van der Waals surface area contributed by atoms with E-state index in [9.17, 15) is 4.79 Å². The van der Waals surface area contributed by atoms with Gasteiger partial charge in [0.2, 0.25) is 0 Å². The van der Waals surface area contributed by atoms with E-state index >= 15 is 0 Å². The van der Waals surface area contributed by atoms with Crippen LogP contribution >= 0.6 is 15.9 Å². The Balaban J connectivity index is 1.85. The molecule has 28 heavy (non-hydrogen) atoms. The van der Waals surface area contributed by atoms with Gasteiger partial charge in [0.25, 0.3) is 0 Å². The number of nitrogens with zero attached hydrogens (tertiary/aromatic N) is 2. The fourth-order valence-electron chi connectivity index (χ4n) is 3.75. The van der Waals surface area contributed by atoms with Gasteiger partial charge in [-0.2, -0.15) is 0 Å². The Labute approximate surface area is 176 Å². The summed E-state index contributed by atoms with van der Waals surface area (Å²) in [7, 11) is 0. The molecule has 3 rings (SSSR count). The Kier molecular flexibility index (Phi) is 6.48. The second-order valence-electron chi connectivity index (χ2n) is 8.54. The van der Waals surface area contributed by atoms with Crippen LogP contribution in [-0.2, 0) is 4.74 Å². The topological polar surface area (TPSA) is 58.2 Å². The molecule has 1 aromatic heterocycles. The van der Waals surface area contributed by atoms with E-state index in [1.165, 1.54) is 6.42 Å². The van der Waals surface area contributed by atoms with Gasteiger partial charge in [-0.3, -0.25) is 4.90 Å². The molecule has 1 amide bonds. The second-order valence-corrected chi connectivity index (χ2v) is 9.46. The largest absolute Gasteiger partial charge is 0.444 e. The second kappa shape index (κ2) is 8.68. The predicted molar refractivity (Wildman–Crippen MR) is 115 cm³/mol. The Morgan fingerprint density at radius 1 is 1.21 bits per heavy atom. The number of rotatable bonds is 4. The number of carbonyl (C=O) groups excluding carboxylic acids is 1. The smallest absolute Gasteiger partial charge is 0.411 e. The van der Waals surface area contributed by atoms with Crippen LogP contribution in [0.25, 0.3) is 11.3 Å². The molecular weight excluding hydrogens is 418 g/mol. The highest BCUT2D eigenvalue weighted by Crippen LogP contribution is 2.32. The van der Waals surface area contributed by atoms with Crippen molar-refractivity contribution in [2.75, 3.05) is 0 Å². The summed E-state index contributed by atoms with van der Waals surface area (Å²) in [6.45, 7) is 7.76. The van der Waals surface area contributed by atoms with Crippen molar-refractivity contribution < 1.29 is 9.53 Å². The molecule has 1 heterocycles. The lowest BCUT2D eigenvalue weighted by Crippen LogP contribution is -2.45. The minimum Gasteiger partial charge on any atom is -0.444 e. The van der Waals surface area contributed by atoms with E-state index in [0.29, 0.717) is 0 Å². The number of H-pyrrole nitrogens is 1. The van der Waals surface area contributed by atoms with Crippen molar-refractivity contribution >= 4 is 22.0 Å². The lowest BCUT2D eigenvalue weighted by molar-refractivity contribution is 0.000799. The molecule has 1 aliphatic carbocycles. The zero-order valence-electron chi connectivity index (χ0n) is 17.2. The van der Waals surface area contributed by atoms with Crippen LogP contribution in [-0.4, -0.2) is 32.6 Å². The van der Waals surface area contributed by atoms with Gasteiger partial charge in [0.05, 0.1) is 17.9 Å². The van der Waals surface area contributed by atoms with Crippen molar-refractivity contribution in [3.05, 3.63) is 40.8 Å². The molecular formula is C22H30BrN3O2. The zero-order valence-corrected chi connectivity index (χ0v) is 18.8. The minimum absolute atomic E-state index is 0.179. The summed E-state index contributed by atoms with van der Waals surface area (Å²) in [5, 5.41) is 0. The Bertz CT molecular complexity index is 789. The normalized spacial score (nSPS) is 16.6. The van der Waals surface area contributed by atoms with Gasteiger partial charge in [0.1, 0.15) is 11.4 Å². The number of ether oxygens (including phenoxy) is 1. The van der Waals surface area contributed by atoms with Gasteiger partial charge in [-0.15, -0.1) is 0 Å². The lowest BCUT2D eigenvalue weighted by atomic mass is 9.93. The van der Waals surface area contributed by atoms with Crippen LogP contribution in [0.5, 0.6) is 0 Å². The molecule has 1 unspecified atom stereocenters. The molecule has 152 valence electrons. The number of nitrogens with one attached hydrogen (secondary N) is 1. The average Bonchev–Trinajstić information content (AvgIpc) is 3.12. The molecule has 0 aliphatic heterocycles. The Hall–Kier alpha value is -1.82. The molecule has 1 fully saturated rings. The SMILES string of the molecule is CC(c1ncc(-c2ccc(Br)cc2)[nH]1)N(C(=O)OC(C)(C)C)C1CCCCC1. The van der Waals surface area contributed by atoms with E-state index in [4.69, 9.17) is 4.74 Å². The van der Waals surface area contributed by atoms with Crippen molar-refractivity contribution in [2.24, 2.45) is 0 Å². The number of aromatic amines is 1. The summed E-state index contributed by atoms with van der Waals surface area (Å²) < 4.78 is 6.78. The van der Waals surface area contributed by atoms with Gasteiger partial charge in [0, 0.05) is 10.5 Å². The third-order valence-electron chi connectivity index (χ3n) is 5.14. The van der Waals surface area contributed by atoms with Crippen LogP contribution in [0.3, 0.4) is 0 Å². The van der Waals surface area contributed by atoms with Crippen LogP contribution in [0.2, 0.25) is 0 Å². The maximum absolute atomic E-state index is 13.0. The molecule has 0 radical (unpaired) electrons. The van der Waals surface area contributed by atoms with E-state index in [1.54, 1.807) is 0 Å². The average molecular weight is 448 g/mol. The van der Waals surface area contributed by atoms with E-state index in [-0.39, 0.29) is 18.2 Å². The van der Waals surface area contributed by atoms with Crippen molar-refractivity contribution in [1.82, 2.24) is 14.9 Å². The molecule has 1 N–H and O–H groups in total. The van der Waals surface area contributed by atoms with Gasteiger partial charge in [-0.25, -0.2) is 9.78 Å². The summed E-state index contributed by atoms with van der Waals surface area (Å²) in [5.41, 5.74) is 1.49. The van der Waals surface area contributed by atoms with Crippen LogP contribution in [0.15, 0.2) is 34.9 Å². The van der Waals surface area contributed by atoms with E-state index < -0.39 is 5.60 Å². The number of amides is 1. The highest BCUT2D eigenvalue weighted by Gasteiger charge is 2.34. The van der Waals surface area contributed by atoms with Gasteiger partial charge in [0.15, 0.2) is 0 Å². The molecule has 1 aliphatic rings. The first-order valence-electron chi connectivity index (χ1n) is 10.1. The summed E-state index contributed by atoms with van der Waals surface area (Å²) >= 11 is 3.47. The van der Waals surface area contributed by atoms with Crippen LogP contribution in [0, 0.1) is 0 Å². The van der Waals surface area contributed by atoms with Crippen LogP contribution in [0.1, 0.15) is 71.7 Å². The number of hydrogen-bond acceptors (Lipinski definition) is 3. The zero-order chi connectivity index (χ0) is 20.3. The van der Waals surface area contributed by atoms with E-state index in [2.05, 4.69) is 25.9 Å². The molecule has 1 atom stereocenters. The number of imidazole rings is 1. The third-order valence-corrected chi connectivity index (χ3v) is 5.66. The standard InChI is InChI=1S/C22H30BrN3O2/c1-15(20-24-14-19(25-20)16-10-12-17(23)13-11-16)26(18-8-6-5-7-9-18)21(27)28-22(2,3)4/h10-15,18H,5-9H2,1-4H3,(H,24,25). The Morgan fingerprint density at radius 2 is 1.86 bits per heavy atom. The first-order chi connectivity index (χ1) is 13.2. The molecule has 1 saturated carbocycles. The summed E-state index contributed by atoms with van der Waals surface area (Å²) in [5.74, 6) is 0.786. The number of aromatic nitrogens is 2. The summed E-state index contributed by atoms with van der Waals surface area (Å²) in [4.78, 5) is 22.9. The van der Waals surface area contributed by atoms with Crippen LogP contribution < -0.4 is 0 Å². The molecule has 1 aromatic carbocycles. The number of halogens is 1. The fraction of sp³-hybridized carbons (Fsp3) is 0.545. The molecule has 0 bridgehead atoms. The minimum atomic E-state index is -0.518. The van der Waals surface area contributed by atoms with Crippen molar-refractivity contribution in [3.63, 3.8) is 0 Å². The molecule has 0 spiro atoms. The maximum Gasteiger partial charge on any atom is 0.411 e. The Morgan fingerprint density at radius 3 is 2.46 bits per heavy atom. The van der Waals surface area contributed by atoms with Gasteiger partial charge in [-0.1, -0.05) is 47.3 Å². The highest BCUT2D eigenvalue weighted by atomic mass is 79.9. The molecule has 0 saturated heterocycles. The molecule has 6 heteroatoms. The molecule has 5 nitrogen and oxygen atoms in total. The van der Waals surface area contributed by atoms with Gasteiger partial charge >= 0.3 is 6.09 Å². The van der Waals surface area contributed by atoms with E-state index in [1.807, 2.05) is 63.1 Å². The van der Waals surface area contributed by atoms with Crippen molar-refractivity contribution in [2.45, 2.75) is 77.5 Å². The van der Waals surface area contributed by atoms with Gasteiger partial charge < -0.3 is 9.72 Å². The summed E-state index contributed by atoms with van der Waals surface area (Å²) in [6, 6.07) is 8.11. The van der Waals surface area contributed by atoms with Gasteiger partial charge in [-0.05, 0) is 58.2 Å². The number of carbonyl (C=O) groups is 1. The monoisotopic (exact) mass is 447 g/mol. The maximum atomic E-state index is 13.0. The van der Waals surface area contributed by atoms with E-state index in [0.717, 1.165) is 47.2 Å². The van der Waals surface area contributed by atoms with Crippen LogP contribution in [0.4, 0.5) is 4.79 Å². The lowest BCUT2D eigenvalue weighted by Gasteiger charge is -2.38. The number of benzene rings is 1. The van der Waals surface area contributed by atoms with Crippen molar-refractivity contribution in [1.29, 1.82) is 0 Å². The summed E-state index contributed by atoms with van der Waals surface area (Å²) in [6.07, 6.45) is 7.16. The number of hydrogen-bond donors (Lipinski definition) is 1. The fourth-order valence-corrected chi connectivity index (χ4v) is 4.02. The molecule has 2 aromatic rings.